The van der Waals surface area contributed by atoms with Gasteiger partial charge in [-0.25, -0.2) is 8.78 Å². The van der Waals surface area contributed by atoms with Gasteiger partial charge in [-0.3, -0.25) is 9.59 Å². The second-order valence-electron chi connectivity index (χ2n) is 4.67. The Morgan fingerprint density at radius 2 is 2.15 bits per heavy atom. The van der Waals surface area contributed by atoms with Crippen molar-refractivity contribution in [3.8, 4) is 0 Å². The SMILES string of the molecule is NC(=O)CN(C(=O)c1ccc(F)cc1F)C1CCNC1. The molecule has 2 amide bonds. The summed E-state index contributed by atoms with van der Waals surface area (Å²) in [6, 6.07) is 2.50. The van der Waals surface area contributed by atoms with E-state index in [-0.39, 0.29) is 18.2 Å². The lowest BCUT2D eigenvalue weighted by Crippen LogP contribution is -2.46. The number of nitrogens with zero attached hydrogens (tertiary/aromatic N) is 1. The van der Waals surface area contributed by atoms with E-state index < -0.39 is 23.4 Å². The topological polar surface area (TPSA) is 75.4 Å². The Hall–Kier alpha value is -2.02. The Morgan fingerprint density at radius 1 is 1.40 bits per heavy atom. The van der Waals surface area contributed by atoms with Crippen LogP contribution in [-0.2, 0) is 4.79 Å². The molecule has 1 aliphatic rings. The first-order chi connectivity index (χ1) is 9.49. The van der Waals surface area contributed by atoms with E-state index in [2.05, 4.69) is 5.32 Å². The number of hydrogen-bond acceptors (Lipinski definition) is 3. The number of halogens is 2. The molecule has 1 aromatic rings. The summed E-state index contributed by atoms with van der Waals surface area (Å²) in [5, 5.41) is 3.06. The Bertz CT molecular complexity index is 530. The minimum atomic E-state index is -0.949. The molecular formula is C13H15F2N3O2. The summed E-state index contributed by atoms with van der Waals surface area (Å²) in [4.78, 5) is 24.7. The number of carbonyl (C=O) groups is 2. The summed E-state index contributed by atoms with van der Waals surface area (Å²) in [6.07, 6.45) is 0.655. The third-order valence-corrected chi connectivity index (χ3v) is 3.22. The normalized spacial score (nSPS) is 18.0. The zero-order chi connectivity index (χ0) is 14.7. The van der Waals surface area contributed by atoms with Gasteiger partial charge < -0.3 is 16.0 Å². The highest BCUT2D eigenvalue weighted by molar-refractivity contribution is 5.96. The molecule has 1 saturated heterocycles. The summed E-state index contributed by atoms with van der Waals surface area (Å²) >= 11 is 0. The van der Waals surface area contributed by atoms with Crippen molar-refractivity contribution in [2.75, 3.05) is 19.6 Å². The first-order valence-corrected chi connectivity index (χ1v) is 6.24. The van der Waals surface area contributed by atoms with Crippen molar-refractivity contribution in [3.05, 3.63) is 35.4 Å². The number of carbonyl (C=O) groups excluding carboxylic acids is 2. The van der Waals surface area contributed by atoms with Gasteiger partial charge in [0, 0.05) is 18.7 Å². The summed E-state index contributed by atoms with van der Waals surface area (Å²) in [5.74, 6) is -3.04. The van der Waals surface area contributed by atoms with Crippen LogP contribution in [0, 0.1) is 11.6 Å². The molecular weight excluding hydrogens is 268 g/mol. The number of amides is 2. The van der Waals surface area contributed by atoms with Crippen molar-refractivity contribution < 1.29 is 18.4 Å². The molecule has 1 aliphatic heterocycles. The van der Waals surface area contributed by atoms with Crippen LogP contribution in [0.25, 0.3) is 0 Å². The second-order valence-corrected chi connectivity index (χ2v) is 4.67. The van der Waals surface area contributed by atoms with E-state index in [0.717, 1.165) is 12.1 Å². The number of primary amides is 1. The van der Waals surface area contributed by atoms with Crippen molar-refractivity contribution >= 4 is 11.8 Å². The summed E-state index contributed by atoms with van der Waals surface area (Å²) in [6.45, 7) is 0.933. The van der Waals surface area contributed by atoms with Crippen LogP contribution in [0.5, 0.6) is 0 Å². The average Bonchev–Trinajstić information content (AvgIpc) is 2.88. The lowest BCUT2D eigenvalue weighted by molar-refractivity contribution is -0.119. The summed E-state index contributed by atoms with van der Waals surface area (Å²) in [5.41, 5.74) is 4.87. The van der Waals surface area contributed by atoms with Crippen LogP contribution in [0.2, 0.25) is 0 Å². The maximum absolute atomic E-state index is 13.7. The molecule has 1 heterocycles. The van der Waals surface area contributed by atoms with E-state index in [0.29, 0.717) is 25.6 Å². The monoisotopic (exact) mass is 283 g/mol. The molecule has 0 saturated carbocycles. The summed E-state index contributed by atoms with van der Waals surface area (Å²) in [7, 11) is 0. The number of nitrogens with one attached hydrogen (secondary N) is 1. The van der Waals surface area contributed by atoms with Crippen LogP contribution in [0.1, 0.15) is 16.8 Å². The van der Waals surface area contributed by atoms with E-state index in [1.165, 1.54) is 4.90 Å². The molecule has 0 aromatic heterocycles. The lowest BCUT2D eigenvalue weighted by Gasteiger charge is -2.27. The molecule has 0 bridgehead atoms. The highest BCUT2D eigenvalue weighted by Crippen LogP contribution is 2.16. The van der Waals surface area contributed by atoms with Crippen LogP contribution in [0.4, 0.5) is 8.78 Å². The minimum absolute atomic E-state index is 0.223. The van der Waals surface area contributed by atoms with Crippen molar-refractivity contribution in [2.24, 2.45) is 5.73 Å². The predicted molar refractivity (Wildman–Crippen MR) is 67.9 cm³/mol. The fourth-order valence-electron chi connectivity index (χ4n) is 2.26. The van der Waals surface area contributed by atoms with Crippen LogP contribution < -0.4 is 11.1 Å². The molecule has 3 N–H and O–H groups in total. The number of benzene rings is 1. The summed E-state index contributed by atoms with van der Waals surface area (Å²) < 4.78 is 26.5. The van der Waals surface area contributed by atoms with E-state index in [1.54, 1.807) is 0 Å². The highest BCUT2D eigenvalue weighted by Gasteiger charge is 2.29. The average molecular weight is 283 g/mol. The van der Waals surface area contributed by atoms with Gasteiger partial charge in [0.2, 0.25) is 5.91 Å². The zero-order valence-electron chi connectivity index (χ0n) is 10.7. The van der Waals surface area contributed by atoms with Crippen LogP contribution in [0.3, 0.4) is 0 Å². The van der Waals surface area contributed by atoms with E-state index >= 15 is 0 Å². The lowest BCUT2D eigenvalue weighted by atomic mass is 10.1. The van der Waals surface area contributed by atoms with Crippen LogP contribution in [-0.4, -0.2) is 42.4 Å². The third kappa shape index (κ3) is 3.11. The van der Waals surface area contributed by atoms with Crippen LogP contribution >= 0.6 is 0 Å². The molecule has 1 fully saturated rings. The van der Waals surface area contributed by atoms with E-state index in [4.69, 9.17) is 5.73 Å². The quantitative estimate of drug-likeness (QED) is 0.832. The van der Waals surface area contributed by atoms with Crippen molar-refractivity contribution in [1.29, 1.82) is 0 Å². The Labute approximate surface area is 114 Å². The van der Waals surface area contributed by atoms with E-state index in [1.807, 2.05) is 0 Å². The smallest absolute Gasteiger partial charge is 0.257 e. The van der Waals surface area contributed by atoms with Gasteiger partial charge in [-0.05, 0) is 25.1 Å². The zero-order valence-corrected chi connectivity index (χ0v) is 10.7. The molecule has 5 nitrogen and oxygen atoms in total. The minimum Gasteiger partial charge on any atom is -0.368 e. The number of nitrogens with two attached hydrogens (primary N) is 1. The maximum atomic E-state index is 13.7. The van der Waals surface area contributed by atoms with Gasteiger partial charge >= 0.3 is 0 Å². The molecule has 2 rings (SSSR count). The molecule has 1 aromatic carbocycles. The second kappa shape index (κ2) is 5.96. The maximum Gasteiger partial charge on any atom is 0.257 e. The van der Waals surface area contributed by atoms with Gasteiger partial charge in [0.05, 0.1) is 12.1 Å². The Balaban J connectivity index is 2.27. The Kier molecular flexibility index (Phi) is 4.29. The van der Waals surface area contributed by atoms with Crippen LogP contribution in [0.15, 0.2) is 18.2 Å². The van der Waals surface area contributed by atoms with Gasteiger partial charge in [-0.15, -0.1) is 0 Å². The molecule has 0 spiro atoms. The predicted octanol–water partition coefficient (Wildman–Crippen LogP) is 0.254. The van der Waals surface area contributed by atoms with Gasteiger partial charge in [0.1, 0.15) is 11.6 Å². The number of hydrogen-bond donors (Lipinski definition) is 2. The molecule has 7 heteroatoms. The van der Waals surface area contributed by atoms with Crippen molar-refractivity contribution in [3.63, 3.8) is 0 Å². The fraction of sp³-hybridized carbons (Fsp3) is 0.385. The molecule has 1 unspecified atom stereocenters. The molecule has 0 aliphatic carbocycles. The highest BCUT2D eigenvalue weighted by atomic mass is 19.1. The van der Waals surface area contributed by atoms with Gasteiger partial charge in [-0.2, -0.15) is 0 Å². The third-order valence-electron chi connectivity index (χ3n) is 3.22. The first-order valence-electron chi connectivity index (χ1n) is 6.24. The van der Waals surface area contributed by atoms with E-state index in [9.17, 15) is 18.4 Å². The molecule has 1 atom stereocenters. The molecule has 20 heavy (non-hydrogen) atoms. The Morgan fingerprint density at radius 3 is 2.70 bits per heavy atom. The van der Waals surface area contributed by atoms with Gasteiger partial charge in [0.15, 0.2) is 0 Å². The van der Waals surface area contributed by atoms with Gasteiger partial charge in [-0.1, -0.05) is 0 Å². The first kappa shape index (κ1) is 14.4. The molecule has 108 valence electrons. The van der Waals surface area contributed by atoms with Crippen molar-refractivity contribution in [1.82, 2.24) is 10.2 Å². The largest absolute Gasteiger partial charge is 0.368 e. The van der Waals surface area contributed by atoms with Gasteiger partial charge in [0.25, 0.3) is 5.91 Å². The number of rotatable bonds is 4. The molecule has 0 radical (unpaired) electrons. The fourth-order valence-corrected chi connectivity index (χ4v) is 2.26. The van der Waals surface area contributed by atoms with Crippen molar-refractivity contribution in [2.45, 2.75) is 12.5 Å². The standard InChI is InChI=1S/C13H15F2N3O2/c14-8-1-2-10(11(15)5-8)13(20)18(7-12(16)19)9-3-4-17-6-9/h1-2,5,9,17H,3-4,6-7H2,(H2,16,19).